The molecule has 358 valence electrons. The molecule has 0 bridgehead atoms. The fraction of sp³-hybridized carbons (Fsp3) is 0.182. The van der Waals surface area contributed by atoms with Crippen molar-refractivity contribution < 1.29 is 8.83 Å². The van der Waals surface area contributed by atoms with Crippen LogP contribution in [0.5, 0.6) is 0 Å². The molecular weight excluding hydrogens is 902 g/mol. The molecular formula is C66H60ClN3O2. The second kappa shape index (κ2) is 17.8. The molecule has 6 heteroatoms. The highest BCUT2D eigenvalue weighted by atomic mass is 35.5. The van der Waals surface area contributed by atoms with E-state index in [4.69, 9.17) is 20.4 Å². The highest BCUT2D eigenvalue weighted by Crippen LogP contribution is 2.49. The summed E-state index contributed by atoms with van der Waals surface area (Å²) in [6.45, 7) is 20.3. The lowest BCUT2D eigenvalue weighted by Gasteiger charge is -2.32. The van der Waals surface area contributed by atoms with Crippen LogP contribution in [0.1, 0.15) is 79.0 Å². The number of rotatable bonds is 9. The zero-order valence-electron chi connectivity index (χ0n) is 42.6. The molecule has 0 fully saturated rings. The Hall–Kier alpha value is -7.73. The molecule has 5 nitrogen and oxygen atoms in total. The van der Waals surface area contributed by atoms with Gasteiger partial charge in [0.2, 0.25) is 0 Å². The minimum Gasteiger partial charge on any atom is -0.456 e. The van der Waals surface area contributed by atoms with Crippen molar-refractivity contribution in [1.29, 1.82) is 0 Å². The molecule has 0 radical (unpaired) electrons. The Morgan fingerprint density at radius 3 is 1.17 bits per heavy atom. The summed E-state index contributed by atoms with van der Waals surface area (Å²) in [6, 6.07) is 71.3. The molecule has 2 aromatic heterocycles. The van der Waals surface area contributed by atoms with Gasteiger partial charge in [-0.15, -0.1) is 0 Å². The van der Waals surface area contributed by atoms with E-state index in [-0.39, 0.29) is 16.2 Å². The number of halogens is 1. The number of furan rings is 2. The molecule has 0 N–H and O–H groups in total. The number of fused-ring (bicyclic) bond motifs is 6. The fourth-order valence-corrected chi connectivity index (χ4v) is 10.3. The van der Waals surface area contributed by atoms with Crippen molar-refractivity contribution in [2.24, 2.45) is 0 Å². The Morgan fingerprint density at radius 2 is 0.653 bits per heavy atom. The van der Waals surface area contributed by atoms with Crippen LogP contribution >= 0.6 is 11.6 Å². The largest absolute Gasteiger partial charge is 0.456 e. The van der Waals surface area contributed by atoms with Gasteiger partial charge in [0.25, 0.3) is 0 Å². The van der Waals surface area contributed by atoms with Gasteiger partial charge in [0.05, 0.1) is 16.4 Å². The van der Waals surface area contributed by atoms with Crippen LogP contribution in [-0.4, -0.2) is 0 Å². The quantitative estimate of drug-likeness (QED) is 0.144. The molecule has 0 aliphatic carbocycles. The number of para-hydroxylation sites is 2. The maximum atomic E-state index is 8.00. The Balaban J connectivity index is 1.10. The van der Waals surface area contributed by atoms with Gasteiger partial charge in [0.1, 0.15) is 22.3 Å². The van der Waals surface area contributed by atoms with Crippen molar-refractivity contribution in [3.63, 3.8) is 0 Å². The van der Waals surface area contributed by atoms with Gasteiger partial charge in [-0.05, 0) is 142 Å². The number of benzene rings is 9. The van der Waals surface area contributed by atoms with E-state index in [1.165, 1.54) is 16.7 Å². The maximum absolute atomic E-state index is 8.00. The van der Waals surface area contributed by atoms with E-state index in [0.29, 0.717) is 5.02 Å². The normalized spacial score (nSPS) is 12.3. The second-order valence-corrected chi connectivity index (χ2v) is 22.5. The molecule has 0 atom stereocenters. The smallest absolute Gasteiger partial charge is 0.137 e. The first-order valence-electron chi connectivity index (χ1n) is 24.9. The molecule has 0 unspecified atom stereocenters. The summed E-state index contributed by atoms with van der Waals surface area (Å²) >= 11 is 8.00. The van der Waals surface area contributed by atoms with Gasteiger partial charge in [0.15, 0.2) is 0 Å². The van der Waals surface area contributed by atoms with Crippen LogP contribution in [0.25, 0.3) is 43.9 Å². The molecule has 0 saturated carbocycles. The maximum Gasteiger partial charge on any atom is 0.137 e. The first-order valence-corrected chi connectivity index (χ1v) is 25.3. The first-order chi connectivity index (χ1) is 34.5. The molecule has 0 aliphatic rings. The predicted molar refractivity (Wildman–Crippen MR) is 306 cm³/mol. The lowest BCUT2D eigenvalue weighted by atomic mass is 9.87. The molecule has 72 heavy (non-hydrogen) atoms. The average molecular weight is 963 g/mol. The molecule has 9 aromatic carbocycles. The summed E-state index contributed by atoms with van der Waals surface area (Å²) in [6.07, 6.45) is 0. The standard InChI is InChI=1S/C66H60ClN3O2/c1-64(2,3)43-24-30-46(31-25-43)68(51-37-39-61-56(41-51)54-19-11-13-23-60(54)71-61)49-16-14-17-50(40-49)69(47-32-26-44(27-33-47)65(4,5)6)57-20-15-21-58(63(57)67)70(48-34-28-45(29-35-48)66(7,8)9)52-36-38-55-53-18-10-12-22-59(53)72-62(55)42-52/h10-42H,1-9H3. The van der Waals surface area contributed by atoms with Gasteiger partial charge < -0.3 is 23.5 Å². The molecule has 2 heterocycles. The SMILES string of the molecule is CC(C)(C)c1ccc(N(c2cccc(N(c3ccc(C(C)(C)C)cc3)c3cccc(N(c4ccc(C(C)(C)C)cc4)c4ccc5c(c4)oc4ccccc45)c3Cl)c2)c2ccc3oc4ccccc4c3c2)cc1. The highest BCUT2D eigenvalue weighted by Gasteiger charge is 2.26. The molecule has 0 saturated heterocycles. The third-order valence-electron chi connectivity index (χ3n) is 14.0. The summed E-state index contributed by atoms with van der Waals surface area (Å²) in [5.41, 5.74) is 15.7. The zero-order valence-corrected chi connectivity index (χ0v) is 43.3. The van der Waals surface area contributed by atoms with E-state index >= 15 is 0 Å². The first kappa shape index (κ1) is 46.6. The minimum atomic E-state index is -0.0325. The third kappa shape index (κ3) is 8.66. The number of nitrogens with zero attached hydrogens (tertiary/aromatic N) is 3. The molecule has 11 aromatic rings. The number of hydrogen-bond donors (Lipinski definition) is 0. The van der Waals surface area contributed by atoms with Crippen molar-refractivity contribution in [3.8, 4) is 0 Å². The van der Waals surface area contributed by atoms with Crippen LogP contribution in [0, 0.1) is 0 Å². The van der Waals surface area contributed by atoms with Crippen molar-refractivity contribution in [2.75, 3.05) is 14.7 Å². The lowest BCUT2D eigenvalue weighted by Crippen LogP contribution is -2.16. The van der Waals surface area contributed by atoms with Crippen molar-refractivity contribution in [2.45, 2.75) is 78.6 Å². The molecule has 0 spiro atoms. The zero-order chi connectivity index (χ0) is 50.1. The van der Waals surface area contributed by atoms with Gasteiger partial charge in [-0.1, -0.05) is 159 Å². The van der Waals surface area contributed by atoms with E-state index in [2.05, 4.69) is 253 Å². The monoisotopic (exact) mass is 961 g/mol. The van der Waals surface area contributed by atoms with Gasteiger partial charge >= 0.3 is 0 Å². The Kier molecular flexibility index (Phi) is 11.6. The summed E-state index contributed by atoms with van der Waals surface area (Å²) in [7, 11) is 0. The summed E-state index contributed by atoms with van der Waals surface area (Å²) in [5.74, 6) is 0. The Bertz CT molecular complexity index is 3770. The number of anilines is 9. The van der Waals surface area contributed by atoms with E-state index in [9.17, 15) is 0 Å². The molecule has 0 amide bonds. The summed E-state index contributed by atoms with van der Waals surface area (Å²) in [5, 5.41) is 4.91. The van der Waals surface area contributed by atoms with Crippen LogP contribution in [0.2, 0.25) is 5.02 Å². The van der Waals surface area contributed by atoms with Gasteiger partial charge in [-0.25, -0.2) is 0 Å². The summed E-state index contributed by atoms with van der Waals surface area (Å²) < 4.78 is 12.8. The van der Waals surface area contributed by atoms with Crippen LogP contribution in [0.3, 0.4) is 0 Å². The van der Waals surface area contributed by atoms with Crippen LogP contribution in [0.15, 0.2) is 209 Å². The van der Waals surface area contributed by atoms with E-state index in [0.717, 1.165) is 95.1 Å². The Morgan fingerprint density at radius 1 is 0.292 bits per heavy atom. The van der Waals surface area contributed by atoms with E-state index in [1.54, 1.807) is 0 Å². The van der Waals surface area contributed by atoms with E-state index in [1.807, 2.05) is 24.3 Å². The van der Waals surface area contributed by atoms with E-state index < -0.39 is 0 Å². The minimum absolute atomic E-state index is 0.000370. The van der Waals surface area contributed by atoms with Crippen molar-refractivity contribution in [1.82, 2.24) is 0 Å². The molecule has 0 aliphatic heterocycles. The summed E-state index contributed by atoms with van der Waals surface area (Å²) in [4.78, 5) is 6.88. The van der Waals surface area contributed by atoms with Gasteiger partial charge in [0, 0.05) is 67.4 Å². The second-order valence-electron chi connectivity index (χ2n) is 22.1. The lowest BCUT2D eigenvalue weighted by molar-refractivity contribution is 0.590. The number of hydrogen-bond acceptors (Lipinski definition) is 5. The highest BCUT2D eigenvalue weighted by molar-refractivity contribution is 6.36. The topological polar surface area (TPSA) is 36.0 Å². The van der Waals surface area contributed by atoms with Crippen LogP contribution in [0.4, 0.5) is 51.2 Å². The fourth-order valence-electron chi connectivity index (χ4n) is 9.96. The average Bonchev–Trinajstić information content (AvgIpc) is 3.93. The van der Waals surface area contributed by atoms with Gasteiger partial charge in [-0.2, -0.15) is 0 Å². The third-order valence-corrected chi connectivity index (χ3v) is 14.4. The van der Waals surface area contributed by atoms with Crippen molar-refractivity contribution in [3.05, 3.63) is 222 Å². The van der Waals surface area contributed by atoms with Crippen LogP contribution < -0.4 is 14.7 Å². The van der Waals surface area contributed by atoms with Crippen molar-refractivity contribution >= 4 is 107 Å². The van der Waals surface area contributed by atoms with Crippen LogP contribution in [-0.2, 0) is 16.2 Å². The Labute approximate surface area is 428 Å². The molecule has 11 rings (SSSR count). The van der Waals surface area contributed by atoms with Gasteiger partial charge in [-0.3, -0.25) is 0 Å². The predicted octanol–water partition coefficient (Wildman–Crippen LogP) is 20.4.